The van der Waals surface area contributed by atoms with Crippen molar-refractivity contribution in [1.82, 2.24) is 5.32 Å². The van der Waals surface area contributed by atoms with Crippen molar-refractivity contribution in [3.05, 3.63) is 39.9 Å². The molecule has 7 nitrogen and oxygen atoms in total. The summed E-state index contributed by atoms with van der Waals surface area (Å²) >= 11 is 0. The van der Waals surface area contributed by atoms with Gasteiger partial charge in [-0.05, 0) is 24.6 Å². The summed E-state index contributed by atoms with van der Waals surface area (Å²) in [6, 6.07) is 7.30. The second-order valence-corrected chi connectivity index (χ2v) is 3.51. The minimum Gasteiger partial charge on any atom is -0.484 e. The smallest absolute Gasteiger partial charge is 0.294 e. The summed E-state index contributed by atoms with van der Waals surface area (Å²) in [6.07, 6.45) is 0. The summed E-state index contributed by atoms with van der Waals surface area (Å²) in [5, 5.41) is 11.4. The van der Waals surface area contributed by atoms with E-state index in [9.17, 15) is 14.9 Å². The van der Waals surface area contributed by atoms with Crippen LogP contribution in [0, 0.1) is 17.0 Å². The summed E-state index contributed by atoms with van der Waals surface area (Å²) in [6.45, 7) is 1.67. The Labute approximate surface area is 104 Å². The number of ether oxygens (including phenoxy) is 1. The van der Waals surface area contributed by atoms with Crippen LogP contribution >= 0.6 is 0 Å². The Balaban J connectivity index is 2.19. The normalized spacial score (nSPS) is 9.61. The Hall–Kier alpha value is -2.31. The van der Waals surface area contributed by atoms with E-state index in [0.717, 1.165) is 5.56 Å². The third kappa shape index (κ3) is 5.69. The number of aryl methyl sites for hydroxylation is 1. The minimum absolute atomic E-state index is 0.0665. The van der Waals surface area contributed by atoms with E-state index in [0.29, 0.717) is 5.75 Å². The summed E-state index contributed by atoms with van der Waals surface area (Å²) in [4.78, 5) is 25.2. The molecule has 0 aliphatic heterocycles. The van der Waals surface area contributed by atoms with Gasteiger partial charge in [0.25, 0.3) is 11.0 Å². The van der Waals surface area contributed by atoms with Crippen molar-refractivity contribution >= 4 is 5.91 Å². The van der Waals surface area contributed by atoms with Crippen LogP contribution in [-0.4, -0.2) is 30.8 Å². The molecule has 0 aliphatic carbocycles. The van der Waals surface area contributed by atoms with Crippen LogP contribution in [0.3, 0.4) is 0 Å². The van der Waals surface area contributed by atoms with Gasteiger partial charge in [-0.25, -0.2) is 0 Å². The average Bonchev–Trinajstić information content (AvgIpc) is 2.32. The first kappa shape index (κ1) is 13.8. The molecule has 1 aromatic carbocycles. The van der Waals surface area contributed by atoms with Crippen molar-refractivity contribution in [3.8, 4) is 5.75 Å². The minimum atomic E-state index is -0.907. The van der Waals surface area contributed by atoms with Crippen LogP contribution in [0.5, 0.6) is 5.75 Å². The van der Waals surface area contributed by atoms with E-state index in [-0.39, 0.29) is 25.7 Å². The van der Waals surface area contributed by atoms with Gasteiger partial charge in [-0.3, -0.25) is 4.79 Å². The van der Waals surface area contributed by atoms with E-state index in [4.69, 9.17) is 4.74 Å². The van der Waals surface area contributed by atoms with Gasteiger partial charge in [0.1, 0.15) is 12.4 Å². The van der Waals surface area contributed by atoms with Crippen LogP contribution in [0.2, 0.25) is 0 Å². The van der Waals surface area contributed by atoms with E-state index in [1.54, 1.807) is 6.07 Å². The lowest BCUT2D eigenvalue weighted by Gasteiger charge is -2.07. The molecule has 18 heavy (non-hydrogen) atoms. The third-order valence-corrected chi connectivity index (χ3v) is 1.98. The van der Waals surface area contributed by atoms with E-state index >= 15 is 0 Å². The number of nitrogens with one attached hydrogen (secondary N) is 1. The molecule has 1 amide bonds. The number of carbonyl (C=O) groups is 1. The molecule has 0 saturated heterocycles. The average molecular weight is 254 g/mol. The Bertz CT molecular complexity index is 422. The lowest BCUT2D eigenvalue weighted by Crippen LogP contribution is -2.32. The molecular formula is C11H14N2O5. The zero-order chi connectivity index (χ0) is 13.4. The van der Waals surface area contributed by atoms with Crippen LogP contribution in [-0.2, 0) is 9.63 Å². The monoisotopic (exact) mass is 254 g/mol. The maximum Gasteiger partial charge on any atom is 0.294 e. The van der Waals surface area contributed by atoms with Crippen molar-refractivity contribution in [2.45, 2.75) is 6.92 Å². The number of amides is 1. The largest absolute Gasteiger partial charge is 0.484 e. The van der Waals surface area contributed by atoms with Gasteiger partial charge in [-0.1, -0.05) is 12.1 Å². The molecule has 0 aromatic heterocycles. The fraction of sp³-hybridized carbons (Fsp3) is 0.364. The molecule has 0 aliphatic rings. The molecular weight excluding hydrogens is 240 g/mol. The molecule has 0 fully saturated rings. The van der Waals surface area contributed by atoms with Gasteiger partial charge >= 0.3 is 0 Å². The highest BCUT2D eigenvalue weighted by Crippen LogP contribution is 2.11. The second kappa shape index (κ2) is 7.10. The zero-order valence-corrected chi connectivity index (χ0v) is 9.92. The molecule has 0 unspecified atom stereocenters. The predicted molar refractivity (Wildman–Crippen MR) is 62.6 cm³/mol. The molecule has 7 heteroatoms. The highest BCUT2D eigenvalue weighted by molar-refractivity contribution is 5.77. The van der Waals surface area contributed by atoms with Gasteiger partial charge in [0.05, 0.1) is 0 Å². The molecule has 1 rings (SSSR count). The van der Waals surface area contributed by atoms with E-state index < -0.39 is 5.09 Å². The van der Waals surface area contributed by atoms with Crippen LogP contribution in [0.1, 0.15) is 5.56 Å². The maximum atomic E-state index is 11.3. The third-order valence-electron chi connectivity index (χ3n) is 1.98. The summed E-state index contributed by atoms with van der Waals surface area (Å²) in [5.41, 5.74) is 1.03. The van der Waals surface area contributed by atoms with Crippen molar-refractivity contribution in [2.75, 3.05) is 19.8 Å². The number of hydrogen-bond donors (Lipinski definition) is 1. The number of hydrogen-bond acceptors (Lipinski definition) is 5. The van der Waals surface area contributed by atoms with Crippen molar-refractivity contribution in [2.24, 2.45) is 0 Å². The first-order valence-corrected chi connectivity index (χ1v) is 5.31. The quantitative estimate of drug-likeness (QED) is 0.439. The first-order chi connectivity index (χ1) is 8.58. The van der Waals surface area contributed by atoms with E-state index in [2.05, 4.69) is 10.2 Å². The van der Waals surface area contributed by atoms with Gasteiger partial charge in [0.2, 0.25) is 0 Å². The number of rotatable bonds is 7. The first-order valence-electron chi connectivity index (χ1n) is 5.31. The Kier molecular flexibility index (Phi) is 5.43. The lowest BCUT2D eigenvalue weighted by atomic mass is 10.2. The Morgan fingerprint density at radius 1 is 1.50 bits per heavy atom. The number of benzene rings is 1. The zero-order valence-electron chi connectivity index (χ0n) is 9.92. The molecule has 1 N–H and O–H groups in total. The fourth-order valence-electron chi connectivity index (χ4n) is 1.22. The molecule has 0 bridgehead atoms. The number of carbonyl (C=O) groups excluding carboxylic acids is 1. The lowest BCUT2D eigenvalue weighted by molar-refractivity contribution is -0.757. The fourth-order valence-corrected chi connectivity index (χ4v) is 1.22. The maximum absolute atomic E-state index is 11.3. The summed E-state index contributed by atoms with van der Waals surface area (Å²) < 4.78 is 5.24. The second-order valence-electron chi connectivity index (χ2n) is 3.51. The summed E-state index contributed by atoms with van der Waals surface area (Å²) in [7, 11) is 0. The van der Waals surface area contributed by atoms with Gasteiger partial charge in [-0.15, -0.1) is 10.1 Å². The van der Waals surface area contributed by atoms with E-state index in [1.807, 2.05) is 25.1 Å². The molecule has 1 aromatic rings. The molecule has 0 heterocycles. The summed E-state index contributed by atoms with van der Waals surface area (Å²) in [5.74, 6) is 0.246. The van der Waals surface area contributed by atoms with Gasteiger partial charge in [-0.2, -0.15) is 0 Å². The molecule has 0 atom stereocenters. The van der Waals surface area contributed by atoms with Crippen molar-refractivity contribution < 1.29 is 19.5 Å². The SMILES string of the molecule is Cc1cccc(OCC(=O)NCCO[N+](=O)[O-])c1. The topological polar surface area (TPSA) is 90.7 Å². The van der Waals surface area contributed by atoms with Crippen LogP contribution < -0.4 is 10.1 Å². The van der Waals surface area contributed by atoms with Crippen LogP contribution in [0.15, 0.2) is 24.3 Å². The Morgan fingerprint density at radius 2 is 2.28 bits per heavy atom. The predicted octanol–water partition coefficient (Wildman–Crippen LogP) is 0.698. The van der Waals surface area contributed by atoms with Crippen LogP contribution in [0.25, 0.3) is 0 Å². The van der Waals surface area contributed by atoms with Crippen LogP contribution in [0.4, 0.5) is 0 Å². The Morgan fingerprint density at radius 3 is 2.94 bits per heavy atom. The molecule has 0 saturated carbocycles. The highest BCUT2D eigenvalue weighted by Gasteiger charge is 2.03. The van der Waals surface area contributed by atoms with Gasteiger partial charge < -0.3 is 14.9 Å². The van der Waals surface area contributed by atoms with E-state index in [1.165, 1.54) is 0 Å². The van der Waals surface area contributed by atoms with Gasteiger partial charge in [0.15, 0.2) is 6.61 Å². The number of nitrogens with zero attached hydrogens (tertiary/aromatic N) is 1. The molecule has 0 spiro atoms. The van der Waals surface area contributed by atoms with Crippen molar-refractivity contribution in [1.29, 1.82) is 0 Å². The molecule has 0 radical (unpaired) electrons. The van der Waals surface area contributed by atoms with Gasteiger partial charge in [0, 0.05) is 6.54 Å². The standard InChI is InChI=1S/C11H14N2O5/c1-9-3-2-4-10(7-9)17-8-11(14)12-5-6-18-13(15)16/h2-4,7H,5-6,8H2,1H3,(H,12,14). The van der Waals surface area contributed by atoms with Crippen molar-refractivity contribution in [3.63, 3.8) is 0 Å². The highest BCUT2D eigenvalue weighted by atomic mass is 16.9. The molecule has 98 valence electrons.